The van der Waals surface area contributed by atoms with Gasteiger partial charge in [-0.25, -0.2) is 4.98 Å². The van der Waals surface area contributed by atoms with Crippen molar-refractivity contribution in [3.05, 3.63) is 42.1 Å². The third-order valence-electron chi connectivity index (χ3n) is 4.73. The maximum atomic E-state index is 12.8. The predicted octanol–water partition coefficient (Wildman–Crippen LogP) is 3.85. The van der Waals surface area contributed by atoms with E-state index in [1.54, 1.807) is 12.3 Å². The molecule has 1 N–H and O–H groups in total. The van der Waals surface area contributed by atoms with Crippen molar-refractivity contribution in [3.8, 4) is 11.5 Å². The van der Waals surface area contributed by atoms with Crippen LogP contribution in [0.2, 0.25) is 0 Å². The predicted molar refractivity (Wildman–Crippen MR) is 115 cm³/mol. The quantitative estimate of drug-likeness (QED) is 0.707. The minimum Gasteiger partial charge on any atom is -0.486 e. The second-order valence-electron chi connectivity index (χ2n) is 7.44. The highest BCUT2D eigenvalue weighted by molar-refractivity contribution is 7.99. The Kier molecular flexibility index (Phi) is 7.39. The molecule has 3 rings (SSSR count). The summed E-state index contributed by atoms with van der Waals surface area (Å²) in [5, 5.41) is 3.71. The second-order valence-corrected chi connectivity index (χ2v) is 8.51. The van der Waals surface area contributed by atoms with Crippen LogP contribution in [0.4, 0.5) is 0 Å². The lowest BCUT2D eigenvalue weighted by Crippen LogP contribution is -2.42. The van der Waals surface area contributed by atoms with E-state index >= 15 is 0 Å². The number of hydrogen-bond acceptors (Lipinski definition) is 6. The summed E-state index contributed by atoms with van der Waals surface area (Å²) in [6.45, 7) is 11.2. The van der Waals surface area contributed by atoms with E-state index in [1.165, 1.54) is 11.8 Å². The molecule has 1 aliphatic heterocycles. The molecule has 29 heavy (non-hydrogen) atoms. The molecule has 0 fully saturated rings. The normalized spacial score (nSPS) is 13.2. The van der Waals surface area contributed by atoms with Crippen LogP contribution >= 0.6 is 11.8 Å². The van der Waals surface area contributed by atoms with E-state index < -0.39 is 0 Å². The molecule has 7 heteroatoms. The topological polar surface area (TPSA) is 63.7 Å². The molecule has 0 spiro atoms. The molecule has 0 saturated carbocycles. The van der Waals surface area contributed by atoms with E-state index in [-0.39, 0.29) is 5.91 Å². The van der Waals surface area contributed by atoms with Crippen molar-refractivity contribution in [1.29, 1.82) is 0 Å². The maximum absolute atomic E-state index is 12.8. The van der Waals surface area contributed by atoms with Gasteiger partial charge in [-0.3, -0.25) is 9.69 Å². The van der Waals surface area contributed by atoms with Gasteiger partial charge in [-0.05, 0) is 58.0 Å². The third kappa shape index (κ3) is 5.64. The molecule has 0 bridgehead atoms. The minimum absolute atomic E-state index is 0.106. The van der Waals surface area contributed by atoms with Gasteiger partial charge in [0.15, 0.2) is 11.5 Å². The zero-order valence-corrected chi connectivity index (χ0v) is 18.3. The van der Waals surface area contributed by atoms with Crippen molar-refractivity contribution < 1.29 is 14.3 Å². The Morgan fingerprint density at radius 1 is 1.14 bits per heavy atom. The Balaban J connectivity index is 1.66. The van der Waals surface area contributed by atoms with Gasteiger partial charge in [-0.2, -0.15) is 0 Å². The summed E-state index contributed by atoms with van der Waals surface area (Å²) in [6, 6.07) is 10.3. The Bertz CT molecular complexity index is 834. The lowest BCUT2D eigenvalue weighted by Gasteiger charge is -2.30. The Hall–Kier alpha value is -2.25. The van der Waals surface area contributed by atoms with Gasteiger partial charge in [0.05, 0.1) is 5.56 Å². The highest BCUT2D eigenvalue weighted by atomic mass is 32.2. The lowest BCUT2D eigenvalue weighted by molar-refractivity contribution is 0.0936. The molecule has 0 atom stereocenters. The first kappa shape index (κ1) is 21.5. The molecule has 1 aromatic carbocycles. The van der Waals surface area contributed by atoms with Gasteiger partial charge in [0.1, 0.15) is 18.2 Å². The molecule has 1 amide bonds. The number of carbonyl (C=O) groups is 1. The van der Waals surface area contributed by atoms with Crippen LogP contribution in [-0.2, 0) is 0 Å². The minimum atomic E-state index is -0.106. The van der Waals surface area contributed by atoms with E-state index in [0.29, 0.717) is 42.4 Å². The second kappa shape index (κ2) is 9.98. The van der Waals surface area contributed by atoms with Crippen molar-refractivity contribution in [2.45, 2.75) is 49.7 Å². The number of pyridine rings is 1. The van der Waals surface area contributed by atoms with Gasteiger partial charge in [0.2, 0.25) is 0 Å². The third-order valence-corrected chi connectivity index (χ3v) is 5.73. The molecule has 6 nitrogen and oxygen atoms in total. The van der Waals surface area contributed by atoms with Crippen molar-refractivity contribution in [2.24, 2.45) is 0 Å². The first-order chi connectivity index (χ1) is 14.0. The summed E-state index contributed by atoms with van der Waals surface area (Å²) < 4.78 is 11.2. The van der Waals surface area contributed by atoms with Gasteiger partial charge >= 0.3 is 0 Å². The summed E-state index contributed by atoms with van der Waals surface area (Å²) >= 11 is 1.45. The van der Waals surface area contributed by atoms with E-state index in [9.17, 15) is 4.79 Å². The van der Waals surface area contributed by atoms with Gasteiger partial charge in [-0.15, -0.1) is 0 Å². The summed E-state index contributed by atoms with van der Waals surface area (Å²) in [5.74, 6) is 1.37. The summed E-state index contributed by atoms with van der Waals surface area (Å²) in [6.07, 6.45) is 1.70. The first-order valence-corrected chi connectivity index (χ1v) is 10.8. The van der Waals surface area contributed by atoms with Crippen LogP contribution in [0.1, 0.15) is 38.1 Å². The fourth-order valence-corrected chi connectivity index (χ4v) is 4.26. The maximum Gasteiger partial charge on any atom is 0.254 e. The molecule has 1 aromatic heterocycles. The van der Waals surface area contributed by atoms with Crippen LogP contribution in [0.25, 0.3) is 0 Å². The fraction of sp³-hybridized carbons (Fsp3) is 0.455. The van der Waals surface area contributed by atoms with Gasteiger partial charge in [0.25, 0.3) is 5.91 Å². The number of ether oxygens (including phenoxy) is 2. The summed E-state index contributed by atoms with van der Waals surface area (Å²) in [4.78, 5) is 20.5. The highest BCUT2D eigenvalue weighted by Crippen LogP contribution is 2.37. The summed E-state index contributed by atoms with van der Waals surface area (Å²) in [5.41, 5.74) is 0.577. The molecule has 2 aromatic rings. The monoisotopic (exact) mass is 415 g/mol. The number of rotatable bonds is 8. The average molecular weight is 416 g/mol. The van der Waals surface area contributed by atoms with Gasteiger partial charge in [0, 0.05) is 36.3 Å². The van der Waals surface area contributed by atoms with E-state index in [4.69, 9.17) is 9.47 Å². The van der Waals surface area contributed by atoms with Crippen LogP contribution < -0.4 is 14.8 Å². The fourth-order valence-electron chi connectivity index (χ4n) is 3.35. The van der Waals surface area contributed by atoms with Crippen LogP contribution in [0, 0.1) is 0 Å². The number of carbonyl (C=O) groups excluding carboxylic acids is 1. The van der Waals surface area contributed by atoms with Crippen molar-refractivity contribution in [3.63, 3.8) is 0 Å². The Labute approximate surface area is 177 Å². The number of nitrogens with zero attached hydrogens (tertiary/aromatic N) is 2. The largest absolute Gasteiger partial charge is 0.486 e. The molecular formula is C22H29N3O3S. The van der Waals surface area contributed by atoms with Crippen molar-refractivity contribution >= 4 is 17.7 Å². The van der Waals surface area contributed by atoms with Crippen molar-refractivity contribution in [2.75, 3.05) is 26.3 Å². The molecule has 156 valence electrons. The number of benzene rings is 1. The molecule has 0 aliphatic carbocycles. The van der Waals surface area contributed by atoms with Crippen LogP contribution in [0.3, 0.4) is 0 Å². The van der Waals surface area contributed by atoms with Crippen molar-refractivity contribution in [1.82, 2.24) is 15.2 Å². The number of fused-ring (bicyclic) bond motifs is 1. The first-order valence-electron chi connectivity index (χ1n) is 10.0. The Morgan fingerprint density at radius 2 is 1.86 bits per heavy atom. The summed E-state index contributed by atoms with van der Waals surface area (Å²) in [7, 11) is 0. The number of nitrogens with one attached hydrogen (secondary N) is 1. The standard InChI is InChI=1S/C22H29N3O3S/c1-15(2)25(16(3)4)11-10-23-21(26)18-6-5-9-24-22(18)29-17-7-8-19-20(14-17)28-13-12-27-19/h5-9,14-16H,10-13H2,1-4H3,(H,23,26). The number of amides is 1. The van der Waals surface area contributed by atoms with E-state index in [2.05, 4.69) is 42.9 Å². The SMILES string of the molecule is CC(C)N(CCNC(=O)c1cccnc1Sc1ccc2c(c1)OCCO2)C(C)C. The van der Waals surface area contributed by atoms with Crippen LogP contribution in [0.5, 0.6) is 11.5 Å². The van der Waals surface area contributed by atoms with Crippen LogP contribution in [-0.4, -0.2) is 54.2 Å². The van der Waals surface area contributed by atoms with Gasteiger partial charge in [-0.1, -0.05) is 11.8 Å². The van der Waals surface area contributed by atoms with Gasteiger partial charge < -0.3 is 14.8 Å². The van der Waals surface area contributed by atoms with Crippen LogP contribution in [0.15, 0.2) is 46.5 Å². The van der Waals surface area contributed by atoms with E-state index in [0.717, 1.165) is 22.9 Å². The smallest absolute Gasteiger partial charge is 0.254 e. The zero-order valence-electron chi connectivity index (χ0n) is 17.5. The lowest BCUT2D eigenvalue weighted by atomic mass is 10.2. The van der Waals surface area contributed by atoms with E-state index in [1.807, 2.05) is 24.3 Å². The molecule has 0 unspecified atom stereocenters. The average Bonchev–Trinajstić information content (AvgIpc) is 2.70. The number of hydrogen-bond donors (Lipinski definition) is 1. The Morgan fingerprint density at radius 3 is 2.59 bits per heavy atom. The molecule has 0 radical (unpaired) electrons. The molecular weight excluding hydrogens is 386 g/mol. The molecule has 2 heterocycles. The molecule has 1 aliphatic rings. The molecule has 0 saturated heterocycles. The number of aromatic nitrogens is 1. The zero-order chi connectivity index (χ0) is 20.8. The highest BCUT2D eigenvalue weighted by Gasteiger charge is 2.17.